The summed E-state index contributed by atoms with van der Waals surface area (Å²) in [5, 5.41) is 10.2. The molecule has 0 bridgehead atoms. The highest BCUT2D eigenvalue weighted by Crippen LogP contribution is 2.17. The second-order valence-corrected chi connectivity index (χ2v) is 4.57. The van der Waals surface area contributed by atoms with Gasteiger partial charge in [-0.15, -0.1) is 0 Å². The van der Waals surface area contributed by atoms with Gasteiger partial charge in [0.1, 0.15) is 0 Å². The second-order valence-electron chi connectivity index (χ2n) is 4.57. The molecule has 0 aromatic heterocycles. The molecule has 0 saturated heterocycles. The van der Waals surface area contributed by atoms with E-state index in [1.807, 2.05) is 24.3 Å². The molecule has 0 radical (unpaired) electrons. The smallest absolute Gasteiger partial charge is 0.0917 e. The van der Waals surface area contributed by atoms with Gasteiger partial charge in [-0.3, -0.25) is 4.90 Å². The normalized spacial score (nSPS) is 14.7. The number of anilines is 1. The molecular weight excluding hydrogens is 228 g/mol. The number of nitrogen functional groups attached to an aromatic ring is 1. The van der Waals surface area contributed by atoms with Crippen LogP contribution >= 0.6 is 0 Å². The molecule has 102 valence electrons. The van der Waals surface area contributed by atoms with E-state index in [2.05, 4.69) is 18.7 Å². The number of nitrogens with two attached hydrogens (primary N) is 1. The number of nitrogens with zero attached hydrogens (tertiary/aromatic N) is 1. The summed E-state index contributed by atoms with van der Waals surface area (Å²) in [6.07, 6.45) is -0.496. The molecule has 0 aliphatic rings. The lowest BCUT2D eigenvalue weighted by molar-refractivity contribution is 0.0582. The van der Waals surface area contributed by atoms with Crippen molar-refractivity contribution in [3.63, 3.8) is 0 Å². The van der Waals surface area contributed by atoms with Crippen molar-refractivity contribution in [1.82, 2.24) is 4.90 Å². The Labute approximate surface area is 109 Å². The fourth-order valence-corrected chi connectivity index (χ4v) is 2.01. The maximum atomic E-state index is 10.2. The third-order valence-corrected chi connectivity index (χ3v) is 3.17. The van der Waals surface area contributed by atoms with Crippen LogP contribution < -0.4 is 5.73 Å². The van der Waals surface area contributed by atoms with Gasteiger partial charge >= 0.3 is 0 Å². The zero-order valence-electron chi connectivity index (χ0n) is 11.5. The molecule has 0 fully saturated rings. The van der Waals surface area contributed by atoms with Gasteiger partial charge < -0.3 is 15.6 Å². The quantitative estimate of drug-likeness (QED) is 0.725. The monoisotopic (exact) mass is 252 g/mol. The lowest BCUT2D eigenvalue weighted by atomic mass is 10.1. The molecule has 1 rings (SSSR count). The number of ether oxygens (including phenoxy) is 1. The molecular formula is C14H24N2O2. The van der Waals surface area contributed by atoms with Crippen molar-refractivity contribution in [1.29, 1.82) is 0 Å². The van der Waals surface area contributed by atoms with Crippen molar-refractivity contribution in [2.45, 2.75) is 26.0 Å². The molecule has 4 heteroatoms. The Hall–Kier alpha value is -1.10. The van der Waals surface area contributed by atoms with E-state index in [0.717, 1.165) is 12.1 Å². The van der Waals surface area contributed by atoms with Gasteiger partial charge in [-0.25, -0.2) is 0 Å². The minimum absolute atomic E-state index is 0.295. The summed E-state index contributed by atoms with van der Waals surface area (Å²) in [7, 11) is 1.70. The Bertz CT molecular complexity index is 340. The highest BCUT2D eigenvalue weighted by molar-refractivity contribution is 5.39. The molecule has 2 unspecified atom stereocenters. The predicted molar refractivity (Wildman–Crippen MR) is 74.4 cm³/mol. The molecule has 2 atom stereocenters. The SMILES string of the molecule is CCN(CC(O)c1ccc(N)cc1)C(C)COC. The maximum absolute atomic E-state index is 10.2. The first kappa shape index (κ1) is 15.0. The van der Waals surface area contributed by atoms with Crippen LogP contribution in [0.2, 0.25) is 0 Å². The molecule has 0 aliphatic heterocycles. The zero-order chi connectivity index (χ0) is 13.5. The topological polar surface area (TPSA) is 58.7 Å². The summed E-state index contributed by atoms with van der Waals surface area (Å²) in [5.41, 5.74) is 7.24. The van der Waals surface area contributed by atoms with Gasteiger partial charge in [0.05, 0.1) is 12.7 Å². The van der Waals surface area contributed by atoms with Crippen LogP contribution in [0.3, 0.4) is 0 Å². The summed E-state index contributed by atoms with van der Waals surface area (Å²) in [5.74, 6) is 0. The third kappa shape index (κ3) is 4.29. The lowest BCUT2D eigenvalue weighted by Gasteiger charge is -2.29. The van der Waals surface area contributed by atoms with Gasteiger partial charge in [0.15, 0.2) is 0 Å². The number of aliphatic hydroxyl groups is 1. The van der Waals surface area contributed by atoms with Crippen LogP contribution in [0.15, 0.2) is 24.3 Å². The summed E-state index contributed by atoms with van der Waals surface area (Å²) in [4.78, 5) is 2.20. The van der Waals surface area contributed by atoms with Crippen LogP contribution in [0.25, 0.3) is 0 Å². The Morgan fingerprint density at radius 1 is 1.33 bits per heavy atom. The van der Waals surface area contributed by atoms with Gasteiger partial charge in [-0.2, -0.15) is 0 Å². The van der Waals surface area contributed by atoms with E-state index in [-0.39, 0.29) is 0 Å². The van der Waals surface area contributed by atoms with Gasteiger partial charge in [-0.1, -0.05) is 19.1 Å². The lowest BCUT2D eigenvalue weighted by Crippen LogP contribution is -2.38. The van der Waals surface area contributed by atoms with Gasteiger partial charge in [0, 0.05) is 25.4 Å². The first-order valence-corrected chi connectivity index (χ1v) is 6.35. The largest absolute Gasteiger partial charge is 0.399 e. The molecule has 18 heavy (non-hydrogen) atoms. The van der Waals surface area contributed by atoms with Crippen LogP contribution in [0.5, 0.6) is 0 Å². The fourth-order valence-electron chi connectivity index (χ4n) is 2.01. The highest BCUT2D eigenvalue weighted by Gasteiger charge is 2.17. The molecule has 0 amide bonds. The van der Waals surface area contributed by atoms with E-state index in [1.165, 1.54) is 0 Å². The van der Waals surface area contributed by atoms with Crippen LogP contribution in [0.1, 0.15) is 25.5 Å². The number of aliphatic hydroxyl groups excluding tert-OH is 1. The highest BCUT2D eigenvalue weighted by atomic mass is 16.5. The Morgan fingerprint density at radius 3 is 2.44 bits per heavy atom. The Morgan fingerprint density at radius 2 is 1.94 bits per heavy atom. The van der Waals surface area contributed by atoms with Gasteiger partial charge in [-0.05, 0) is 31.2 Å². The maximum Gasteiger partial charge on any atom is 0.0917 e. The second kappa shape index (κ2) is 7.36. The van der Waals surface area contributed by atoms with E-state index in [9.17, 15) is 5.11 Å². The average Bonchev–Trinajstić information content (AvgIpc) is 2.36. The molecule has 4 nitrogen and oxygen atoms in total. The minimum Gasteiger partial charge on any atom is -0.399 e. The number of likely N-dealkylation sites (N-methyl/N-ethyl adjacent to an activating group) is 1. The van der Waals surface area contributed by atoms with E-state index < -0.39 is 6.10 Å². The number of benzene rings is 1. The van der Waals surface area contributed by atoms with Crippen LogP contribution in [-0.2, 0) is 4.74 Å². The molecule has 1 aromatic carbocycles. The fraction of sp³-hybridized carbons (Fsp3) is 0.571. The van der Waals surface area contributed by atoms with E-state index in [1.54, 1.807) is 7.11 Å². The molecule has 1 aromatic rings. The number of methoxy groups -OCH3 is 1. The van der Waals surface area contributed by atoms with Crippen molar-refractivity contribution in [3.8, 4) is 0 Å². The summed E-state index contributed by atoms with van der Waals surface area (Å²) in [6.45, 7) is 6.34. The van der Waals surface area contributed by atoms with Gasteiger partial charge in [0.2, 0.25) is 0 Å². The molecule has 0 heterocycles. The van der Waals surface area contributed by atoms with Crippen molar-refractivity contribution in [3.05, 3.63) is 29.8 Å². The van der Waals surface area contributed by atoms with E-state index in [4.69, 9.17) is 10.5 Å². The van der Waals surface area contributed by atoms with E-state index in [0.29, 0.717) is 24.9 Å². The first-order chi connectivity index (χ1) is 8.58. The average molecular weight is 252 g/mol. The number of rotatable bonds is 7. The Balaban J connectivity index is 2.61. The van der Waals surface area contributed by atoms with Crippen LogP contribution in [0.4, 0.5) is 5.69 Å². The van der Waals surface area contributed by atoms with Crippen molar-refractivity contribution in [2.24, 2.45) is 0 Å². The van der Waals surface area contributed by atoms with Gasteiger partial charge in [0.25, 0.3) is 0 Å². The number of hydrogen-bond donors (Lipinski definition) is 2. The Kier molecular flexibility index (Phi) is 6.12. The van der Waals surface area contributed by atoms with Crippen LogP contribution in [-0.4, -0.2) is 42.9 Å². The first-order valence-electron chi connectivity index (χ1n) is 6.35. The van der Waals surface area contributed by atoms with Crippen molar-refractivity contribution >= 4 is 5.69 Å². The molecule has 0 saturated carbocycles. The zero-order valence-corrected chi connectivity index (χ0v) is 11.5. The van der Waals surface area contributed by atoms with Crippen LogP contribution in [0, 0.1) is 0 Å². The van der Waals surface area contributed by atoms with E-state index >= 15 is 0 Å². The minimum atomic E-state index is -0.496. The van der Waals surface area contributed by atoms with Crippen molar-refractivity contribution < 1.29 is 9.84 Å². The molecule has 3 N–H and O–H groups in total. The van der Waals surface area contributed by atoms with Crippen molar-refractivity contribution in [2.75, 3.05) is 32.5 Å². The standard InChI is InChI=1S/C14H24N2O2/c1-4-16(11(2)10-18-3)9-14(17)12-5-7-13(15)8-6-12/h5-8,11,14,17H,4,9-10,15H2,1-3H3. The summed E-state index contributed by atoms with van der Waals surface area (Å²) < 4.78 is 5.15. The number of hydrogen-bond acceptors (Lipinski definition) is 4. The summed E-state index contributed by atoms with van der Waals surface area (Å²) in [6, 6.07) is 7.66. The summed E-state index contributed by atoms with van der Waals surface area (Å²) >= 11 is 0. The molecule has 0 spiro atoms. The predicted octanol–water partition coefficient (Wildman–Crippen LogP) is 1.66. The third-order valence-electron chi connectivity index (χ3n) is 3.17. The molecule has 0 aliphatic carbocycles.